The third-order valence-electron chi connectivity index (χ3n) is 2.98. The molecule has 0 aliphatic heterocycles. The van der Waals surface area contributed by atoms with Crippen LogP contribution in [0.15, 0.2) is 34.7 Å². The number of para-hydroxylation sites is 1. The van der Waals surface area contributed by atoms with Gasteiger partial charge in [-0.2, -0.15) is 0 Å². The van der Waals surface area contributed by atoms with Crippen LogP contribution in [0, 0.1) is 6.92 Å². The highest BCUT2D eigenvalue weighted by Gasteiger charge is 2.29. The van der Waals surface area contributed by atoms with Crippen molar-refractivity contribution in [1.82, 2.24) is 0 Å². The molecule has 2 rings (SSSR count). The van der Waals surface area contributed by atoms with Gasteiger partial charge in [0.2, 0.25) is 5.88 Å². The van der Waals surface area contributed by atoms with Crippen LogP contribution in [-0.4, -0.2) is 24.6 Å². The Balaban J connectivity index is 2.27. The van der Waals surface area contributed by atoms with E-state index in [9.17, 15) is 14.4 Å². The maximum absolute atomic E-state index is 11.9. The van der Waals surface area contributed by atoms with Gasteiger partial charge in [-0.3, -0.25) is 10.1 Å². The summed E-state index contributed by atoms with van der Waals surface area (Å²) in [5.74, 6) is -1.59. The zero-order valence-electron chi connectivity index (χ0n) is 13.1. The van der Waals surface area contributed by atoms with Crippen LogP contribution in [0.3, 0.4) is 0 Å². The number of hydrogen-bond donors (Lipinski definition) is 2. The molecule has 0 fully saturated rings. The van der Waals surface area contributed by atoms with E-state index in [0.29, 0.717) is 5.75 Å². The van der Waals surface area contributed by atoms with E-state index >= 15 is 0 Å². The Morgan fingerprint density at radius 2 is 1.83 bits per heavy atom. The van der Waals surface area contributed by atoms with Crippen LogP contribution in [0.2, 0.25) is 0 Å². The number of carbonyl (C=O) groups excluding carboxylic acids is 3. The molecular formula is C16H16N2O6. The van der Waals surface area contributed by atoms with Crippen LogP contribution in [0.1, 0.15) is 33.4 Å². The number of esters is 1. The van der Waals surface area contributed by atoms with E-state index in [2.05, 4.69) is 5.32 Å². The van der Waals surface area contributed by atoms with Gasteiger partial charge in [-0.05, 0) is 26.0 Å². The number of nitrogens with one attached hydrogen (secondary N) is 1. The Labute approximate surface area is 137 Å². The topological polar surface area (TPSA) is 121 Å². The zero-order chi connectivity index (χ0) is 17.7. The Bertz CT molecular complexity index is 766. The number of anilines is 1. The second-order valence-electron chi connectivity index (χ2n) is 4.65. The molecule has 0 aliphatic rings. The Hall–Kier alpha value is -3.29. The first kappa shape index (κ1) is 17.1. The van der Waals surface area contributed by atoms with Crippen molar-refractivity contribution >= 4 is 23.9 Å². The molecule has 2 aromatic rings. The standard InChI is InChI=1S/C16H16N2O6/c1-3-22-15(20)11-9(2)23-14(12(11)13(17)19)18-16(21)24-10-7-5-4-6-8-10/h4-8H,3H2,1-2H3,(H2,17,19)(H,18,21). The summed E-state index contributed by atoms with van der Waals surface area (Å²) >= 11 is 0. The number of carbonyl (C=O) groups is 3. The first-order valence-electron chi connectivity index (χ1n) is 7.08. The van der Waals surface area contributed by atoms with Crippen molar-refractivity contribution in [2.24, 2.45) is 5.73 Å². The number of benzene rings is 1. The van der Waals surface area contributed by atoms with Crippen molar-refractivity contribution < 1.29 is 28.3 Å². The van der Waals surface area contributed by atoms with Crippen molar-refractivity contribution in [3.05, 3.63) is 47.2 Å². The largest absolute Gasteiger partial charge is 0.462 e. The van der Waals surface area contributed by atoms with E-state index in [-0.39, 0.29) is 29.4 Å². The van der Waals surface area contributed by atoms with Gasteiger partial charge in [0, 0.05) is 0 Å². The van der Waals surface area contributed by atoms with E-state index < -0.39 is 18.0 Å². The van der Waals surface area contributed by atoms with Gasteiger partial charge in [0.1, 0.15) is 22.6 Å². The average Bonchev–Trinajstić information content (AvgIpc) is 2.84. The van der Waals surface area contributed by atoms with Crippen LogP contribution >= 0.6 is 0 Å². The van der Waals surface area contributed by atoms with Gasteiger partial charge in [0.05, 0.1) is 6.61 Å². The Morgan fingerprint density at radius 3 is 2.42 bits per heavy atom. The van der Waals surface area contributed by atoms with Crippen molar-refractivity contribution in [3.8, 4) is 5.75 Å². The average molecular weight is 332 g/mol. The fraction of sp³-hybridized carbons (Fsp3) is 0.188. The quantitative estimate of drug-likeness (QED) is 0.811. The molecule has 0 atom stereocenters. The molecule has 8 heteroatoms. The van der Waals surface area contributed by atoms with Gasteiger partial charge < -0.3 is 19.6 Å². The number of rotatable bonds is 5. The maximum atomic E-state index is 11.9. The SMILES string of the molecule is CCOC(=O)c1c(C)oc(NC(=O)Oc2ccccc2)c1C(N)=O. The maximum Gasteiger partial charge on any atom is 0.419 e. The number of furan rings is 1. The lowest BCUT2D eigenvalue weighted by molar-refractivity contribution is 0.0521. The second kappa shape index (κ2) is 7.32. The lowest BCUT2D eigenvalue weighted by Crippen LogP contribution is -2.21. The molecule has 1 heterocycles. The van der Waals surface area contributed by atoms with Gasteiger partial charge in [-0.15, -0.1) is 0 Å². The third-order valence-corrected chi connectivity index (χ3v) is 2.98. The van der Waals surface area contributed by atoms with Gasteiger partial charge in [0.25, 0.3) is 5.91 Å². The normalized spacial score (nSPS) is 10.1. The lowest BCUT2D eigenvalue weighted by atomic mass is 10.1. The number of hydrogen-bond acceptors (Lipinski definition) is 6. The monoisotopic (exact) mass is 332 g/mol. The van der Waals surface area contributed by atoms with Crippen LogP contribution < -0.4 is 15.8 Å². The van der Waals surface area contributed by atoms with Crippen LogP contribution in [-0.2, 0) is 4.74 Å². The lowest BCUT2D eigenvalue weighted by Gasteiger charge is -2.05. The molecule has 1 aromatic heterocycles. The highest BCUT2D eigenvalue weighted by atomic mass is 16.6. The molecule has 3 N–H and O–H groups in total. The molecule has 0 saturated carbocycles. The van der Waals surface area contributed by atoms with E-state index in [0.717, 1.165) is 0 Å². The Morgan fingerprint density at radius 1 is 1.17 bits per heavy atom. The summed E-state index contributed by atoms with van der Waals surface area (Å²) in [7, 11) is 0. The van der Waals surface area contributed by atoms with Gasteiger partial charge >= 0.3 is 12.1 Å². The number of ether oxygens (including phenoxy) is 2. The molecular weight excluding hydrogens is 316 g/mol. The molecule has 0 unspecified atom stereocenters. The van der Waals surface area contributed by atoms with Crippen molar-refractivity contribution in [2.45, 2.75) is 13.8 Å². The van der Waals surface area contributed by atoms with Gasteiger partial charge in [-0.1, -0.05) is 18.2 Å². The minimum Gasteiger partial charge on any atom is -0.462 e. The number of nitrogens with two attached hydrogens (primary N) is 1. The molecule has 0 radical (unpaired) electrons. The van der Waals surface area contributed by atoms with E-state index in [1.54, 1.807) is 37.3 Å². The van der Waals surface area contributed by atoms with Crippen molar-refractivity contribution in [3.63, 3.8) is 0 Å². The fourth-order valence-electron chi connectivity index (χ4n) is 2.03. The van der Waals surface area contributed by atoms with Gasteiger partial charge in [0.15, 0.2) is 0 Å². The molecule has 0 bridgehead atoms. The van der Waals surface area contributed by atoms with E-state index in [1.165, 1.54) is 6.92 Å². The predicted molar refractivity (Wildman–Crippen MR) is 84.0 cm³/mol. The highest BCUT2D eigenvalue weighted by Crippen LogP contribution is 2.28. The molecule has 0 aliphatic carbocycles. The fourth-order valence-corrected chi connectivity index (χ4v) is 2.03. The van der Waals surface area contributed by atoms with E-state index in [4.69, 9.17) is 19.6 Å². The van der Waals surface area contributed by atoms with Crippen molar-refractivity contribution in [1.29, 1.82) is 0 Å². The summed E-state index contributed by atoms with van der Waals surface area (Å²) in [5.41, 5.74) is 4.90. The summed E-state index contributed by atoms with van der Waals surface area (Å²) in [6.45, 7) is 3.18. The first-order valence-corrected chi connectivity index (χ1v) is 7.08. The summed E-state index contributed by atoms with van der Waals surface area (Å²) in [4.78, 5) is 35.5. The molecule has 0 saturated heterocycles. The summed E-state index contributed by atoms with van der Waals surface area (Å²) in [6, 6.07) is 8.29. The van der Waals surface area contributed by atoms with Crippen LogP contribution in [0.25, 0.3) is 0 Å². The first-order chi connectivity index (χ1) is 11.4. The minimum absolute atomic E-state index is 0.0947. The molecule has 126 valence electrons. The molecule has 2 amide bonds. The summed E-state index contributed by atoms with van der Waals surface area (Å²) < 4.78 is 15.2. The molecule has 24 heavy (non-hydrogen) atoms. The number of aryl methyl sites for hydroxylation is 1. The third kappa shape index (κ3) is 3.72. The van der Waals surface area contributed by atoms with Gasteiger partial charge in [-0.25, -0.2) is 9.59 Å². The molecule has 1 aromatic carbocycles. The van der Waals surface area contributed by atoms with Crippen LogP contribution in [0.5, 0.6) is 5.75 Å². The molecule has 8 nitrogen and oxygen atoms in total. The smallest absolute Gasteiger partial charge is 0.419 e. The van der Waals surface area contributed by atoms with Crippen LogP contribution in [0.4, 0.5) is 10.7 Å². The Kier molecular flexibility index (Phi) is 5.20. The highest BCUT2D eigenvalue weighted by molar-refractivity contribution is 6.10. The van der Waals surface area contributed by atoms with Crippen molar-refractivity contribution in [2.75, 3.05) is 11.9 Å². The predicted octanol–water partition coefficient (Wildman–Crippen LogP) is 2.47. The number of amides is 2. The number of primary amides is 1. The minimum atomic E-state index is -0.940. The summed E-state index contributed by atoms with van der Waals surface area (Å²) in [6.07, 6.45) is -0.896. The molecule has 0 spiro atoms. The second-order valence-corrected chi connectivity index (χ2v) is 4.65. The van der Waals surface area contributed by atoms with E-state index in [1.807, 2.05) is 0 Å². The zero-order valence-corrected chi connectivity index (χ0v) is 13.1. The summed E-state index contributed by atoms with van der Waals surface area (Å²) in [5, 5.41) is 2.26.